The lowest BCUT2D eigenvalue weighted by Crippen LogP contribution is -2.23. The zero-order chi connectivity index (χ0) is 16.2. The second-order valence-corrected chi connectivity index (χ2v) is 5.58. The Hall–Kier alpha value is -2.50. The van der Waals surface area contributed by atoms with E-state index in [2.05, 4.69) is 15.3 Å². The van der Waals surface area contributed by atoms with Crippen LogP contribution in [0.2, 0.25) is 0 Å². The van der Waals surface area contributed by atoms with Crippen molar-refractivity contribution >= 4 is 11.8 Å². The number of nitrogens with one attached hydrogen (secondary N) is 1. The Morgan fingerprint density at radius 3 is 2.74 bits per heavy atom. The molecule has 3 rings (SSSR count). The summed E-state index contributed by atoms with van der Waals surface area (Å²) >= 11 is 0. The molecule has 5 nitrogen and oxygen atoms in total. The minimum Gasteiger partial charge on any atom is -0.468 e. The number of halogens is 1. The third kappa shape index (κ3) is 3.83. The van der Waals surface area contributed by atoms with Crippen LogP contribution < -0.4 is 5.32 Å². The molecular formula is C17H18FN3O2. The van der Waals surface area contributed by atoms with E-state index in [9.17, 15) is 9.18 Å². The smallest absolute Gasteiger partial charge is 0.314 e. The zero-order valence-electron chi connectivity index (χ0n) is 12.8. The van der Waals surface area contributed by atoms with Crippen LogP contribution in [0.25, 0.3) is 0 Å². The molecule has 2 aromatic rings. The Morgan fingerprint density at radius 2 is 2.09 bits per heavy atom. The minimum atomic E-state index is -0.528. The number of carbonyl (C=O) groups is 1. The highest BCUT2D eigenvalue weighted by atomic mass is 19.1. The number of hydrogen-bond acceptors (Lipinski definition) is 5. The van der Waals surface area contributed by atoms with Gasteiger partial charge in [-0.2, -0.15) is 0 Å². The molecule has 0 radical (unpaired) electrons. The summed E-state index contributed by atoms with van der Waals surface area (Å²) in [6.07, 6.45) is 3.97. The van der Waals surface area contributed by atoms with E-state index in [1.54, 1.807) is 24.4 Å². The van der Waals surface area contributed by atoms with Gasteiger partial charge in [0.25, 0.3) is 0 Å². The molecule has 1 unspecified atom stereocenters. The predicted molar refractivity (Wildman–Crippen MR) is 83.7 cm³/mol. The van der Waals surface area contributed by atoms with Crippen LogP contribution in [0, 0.1) is 5.82 Å². The number of rotatable bonds is 6. The molecule has 1 saturated carbocycles. The van der Waals surface area contributed by atoms with Gasteiger partial charge < -0.3 is 10.1 Å². The summed E-state index contributed by atoms with van der Waals surface area (Å²) in [5.41, 5.74) is 0.697. The molecule has 0 saturated heterocycles. The van der Waals surface area contributed by atoms with Crippen LogP contribution in [-0.4, -0.2) is 29.6 Å². The van der Waals surface area contributed by atoms with Gasteiger partial charge in [0.05, 0.1) is 13.0 Å². The summed E-state index contributed by atoms with van der Waals surface area (Å²) in [6, 6.07) is 7.62. The fourth-order valence-electron chi connectivity index (χ4n) is 2.39. The number of nitrogens with zero attached hydrogens (tertiary/aromatic N) is 2. The van der Waals surface area contributed by atoms with Crippen molar-refractivity contribution in [3.05, 3.63) is 53.7 Å². The van der Waals surface area contributed by atoms with E-state index in [1.165, 1.54) is 19.2 Å². The highest BCUT2D eigenvalue weighted by molar-refractivity contribution is 5.78. The van der Waals surface area contributed by atoms with Crippen LogP contribution in [0.15, 0.2) is 36.5 Å². The Kier molecular flexibility index (Phi) is 4.50. The highest BCUT2D eigenvalue weighted by Crippen LogP contribution is 2.38. The molecule has 1 aromatic carbocycles. The van der Waals surface area contributed by atoms with Crippen molar-refractivity contribution in [1.29, 1.82) is 0 Å². The lowest BCUT2D eigenvalue weighted by molar-refractivity contribution is -0.142. The summed E-state index contributed by atoms with van der Waals surface area (Å²) in [7, 11) is 1.34. The number of carbonyl (C=O) groups excluding carboxylic acids is 1. The van der Waals surface area contributed by atoms with Crippen molar-refractivity contribution < 1.29 is 13.9 Å². The third-order valence-electron chi connectivity index (χ3n) is 3.86. The third-order valence-corrected chi connectivity index (χ3v) is 3.86. The standard InChI is InChI=1S/C17H18FN3O2/c1-23-17(22)14(11-4-6-13(18)7-5-11)10-20-15-8-9-19-16(21-15)12-2-3-12/h4-9,12,14H,2-3,10H2,1H3,(H,19,20,21). The summed E-state index contributed by atoms with van der Waals surface area (Å²) in [4.78, 5) is 20.7. The molecule has 0 bridgehead atoms. The van der Waals surface area contributed by atoms with Gasteiger partial charge >= 0.3 is 5.97 Å². The van der Waals surface area contributed by atoms with Gasteiger partial charge in [0.2, 0.25) is 0 Å². The van der Waals surface area contributed by atoms with Gasteiger partial charge in [0.15, 0.2) is 0 Å². The average Bonchev–Trinajstić information content (AvgIpc) is 3.41. The fraction of sp³-hybridized carbons (Fsp3) is 0.353. The normalized spacial score (nSPS) is 15.0. The summed E-state index contributed by atoms with van der Waals surface area (Å²) in [5.74, 6) is 0.741. The molecule has 1 fully saturated rings. The topological polar surface area (TPSA) is 64.1 Å². The second kappa shape index (κ2) is 6.73. The Labute approximate surface area is 133 Å². The van der Waals surface area contributed by atoms with Crippen molar-refractivity contribution in [3.63, 3.8) is 0 Å². The van der Waals surface area contributed by atoms with Crippen LogP contribution in [-0.2, 0) is 9.53 Å². The van der Waals surface area contributed by atoms with Gasteiger partial charge in [-0.3, -0.25) is 4.79 Å². The Bertz CT molecular complexity index is 686. The van der Waals surface area contributed by atoms with Crippen LogP contribution in [0.3, 0.4) is 0 Å². The first-order chi connectivity index (χ1) is 11.2. The Balaban J connectivity index is 1.72. The van der Waals surface area contributed by atoms with Gasteiger partial charge in [-0.15, -0.1) is 0 Å². The van der Waals surface area contributed by atoms with Gasteiger partial charge in [-0.05, 0) is 36.6 Å². The van der Waals surface area contributed by atoms with Gasteiger partial charge in [0.1, 0.15) is 17.5 Å². The van der Waals surface area contributed by atoms with Crippen molar-refractivity contribution in [2.75, 3.05) is 19.0 Å². The first kappa shape index (κ1) is 15.4. The van der Waals surface area contributed by atoms with E-state index >= 15 is 0 Å². The lowest BCUT2D eigenvalue weighted by atomic mass is 9.99. The highest BCUT2D eigenvalue weighted by Gasteiger charge is 2.27. The number of aromatic nitrogens is 2. The SMILES string of the molecule is COC(=O)C(CNc1ccnc(C2CC2)n1)c1ccc(F)cc1. The first-order valence-corrected chi connectivity index (χ1v) is 7.57. The molecular weight excluding hydrogens is 297 g/mol. The fourth-order valence-corrected chi connectivity index (χ4v) is 2.39. The monoisotopic (exact) mass is 315 g/mol. The molecule has 23 heavy (non-hydrogen) atoms. The second-order valence-electron chi connectivity index (χ2n) is 5.58. The predicted octanol–water partition coefficient (Wildman–Crippen LogP) is 2.86. The largest absolute Gasteiger partial charge is 0.468 e. The van der Waals surface area contributed by atoms with Crippen LogP contribution in [0.1, 0.15) is 36.1 Å². The lowest BCUT2D eigenvalue weighted by Gasteiger charge is -2.16. The number of ether oxygens (including phenoxy) is 1. The molecule has 1 N–H and O–H groups in total. The van der Waals surface area contributed by atoms with Crippen LogP contribution in [0.5, 0.6) is 0 Å². The van der Waals surface area contributed by atoms with E-state index in [0.29, 0.717) is 23.8 Å². The van der Waals surface area contributed by atoms with Gasteiger partial charge in [-0.25, -0.2) is 14.4 Å². The molecule has 0 amide bonds. The van der Waals surface area contributed by atoms with Crippen molar-refractivity contribution in [3.8, 4) is 0 Å². The molecule has 1 aliphatic rings. The van der Waals surface area contributed by atoms with Gasteiger partial charge in [0, 0.05) is 18.7 Å². The number of hydrogen-bond donors (Lipinski definition) is 1. The maximum absolute atomic E-state index is 13.1. The number of methoxy groups -OCH3 is 1. The van der Waals surface area contributed by atoms with Crippen molar-refractivity contribution in [1.82, 2.24) is 9.97 Å². The summed E-state index contributed by atoms with van der Waals surface area (Å²) in [6.45, 7) is 0.319. The average molecular weight is 315 g/mol. The summed E-state index contributed by atoms with van der Waals surface area (Å²) in [5, 5.41) is 3.15. The molecule has 6 heteroatoms. The molecule has 1 heterocycles. The molecule has 0 aliphatic heterocycles. The van der Waals surface area contributed by atoms with E-state index in [4.69, 9.17) is 4.74 Å². The molecule has 120 valence electrons. The van der Waals surface area contributed by atoms with Crippen molar-refractivity contribution in [2.45, 2.75) is 24.7 Å². The minimum absolute atomic E-state index is 0.319. The van der Waals surface area contributed by atoms with E-state index in [1.807, 2.05) is 0 Å². The zero-order valence-corrected chi connectivity index (χ0v) is 12.8. The maximum Gasteiger partial charge on any atom is 0.314 e. The number of anilines is 1. The quantitative estimate of drug-likeness (QED) is 0.830. The van der Waals surface area contributed by atoms with Gasteiger partial charge in [-0.1, -0.05) is 12.1 Å². The molecule has 0 spiro atoms. The molecule has 1 aromatic heterocycles. The first-order valence-electron chi connectivity index (χ1n) is 7.57. The van der Waals surface area contributed by atoms with Crippen molar-refractivity contribution in [2.24, 2.45) is 0 Å². The van der Waals surface area contributed by atoms with E-state index in [0.717, 1.165) is 18.7 Å². The Morgan fingerprint density at radius 1 is 1.35 bits per heavy atom. The summed E-state index contributed by atoms with van der Waals surface area (Å²) < 4.78 is 17.9. The van der Waals surface area contributed by atoms with Crippen LogP contribution >= 0.6 is 0 Å². The van der Waals surface area contributed by atoms with E-state index < -0.39 is 5.92 Å². The van der Waals surface area contributed by atoms with E-state index in [-0.39, 0.29) is 11.8 Å². The number of esters is 1. The maximum atomic E-state index is 13.1. The molecule has 1 atom stereocenters. The molecule has 1 aliphatic carbocycles. The van der Waals surface area contributed by atoms with Crippen LogP contribution in [0.4, 0.5) is 10.2 Å². The number of benzene rings is 1.